The van der Waals surface area contributed by atoms with E-state index in [1.54, 1.807) is 0 Å². The predicted molar refractivity (Wildman–Crippen MR) is 76.5 cm³/mol. The van der Waals surface area contributed by atoms with E-state index in [2.05, 4.69) is 27.7 Å². The van der Waals surface area contributed by atoms with Gasteiger partial charge >= 0.3 is 5.97 Å². The Morgan fingerprint density at radius 1 is 1.11 bits per heavy atom. The Hall–Kier alpha value is -0.570. The molecule has 3 nitrogen and oxygen atoms in total. The van der Waals surface area contributed by atoms with E-state index in [0.717, 1.165) is 19.4 Å². The van der Waals surface area contributed by atoms with Crippen LogP contribution in [0.15, 0.2) is 0 Å². The maximum atomic E-state index is 12.3. The molecule has 0 aliphatic rings. The lowest BCUT2D eigenvalue weighted by atomic mass is 9.76. The minimum Gasteiger partial charge on any atom is -0.464 e. The number of carbonyl (C=O) groups excluding carboxylic acids is 1. The summed E-state index contributed by atoms with van der Waals surface area (Å²) in [6.07, 6.45) is 1.79. The minimum atomic E-state index is -0.339. The third-order valence-corrected chi connectivity index (χ3v) is 2.98. The van der Waals surface area contributed by atoms with Crippen molar-refractivity contribution >= 4 is 5.97 Å². The summed E-state index contributed by atoms with van der Waals surface area (Å²) in [6.45, 7) is 11.9. The zero-order chi connectivity index (χ0) is 14.3. The van der Waals surface area contributed by atoms with Crippen molar-refractivity contribution in [2.24, 2.45) is 17.3 Å². The van der Waals surface area contributed by atoms with E-state index in [4.69, 9.17) is 4.74 Å². The first-order chi connectivity index (χ1) is 8.17. The summed E-state index contributed by atoms with van der Waals surface area (Å²) in [5, 5.41) is 0. The smallest absolute Gasteiger partial charge is 0.311 e. The van der Waals surface area contributed by atoms with Gasteiger partial charge in [-0.3, -0.25) is 4.79 Å². The zero-order valence-corrected chi connectivity index (χ0v) is 13.2. The van der Waals surface area contributed by atoms with Gasteiger partial charge < -0.3 is 9.64 Å². The molecule has 0 heterocycles. The molecule has 0 amide bonds. The highest BCUT2D eigenvalue weighted by molar-refractivity contribution is 5.76. The molecule has 0 saturated carbocycles. The van der Waals surface area contributed by atoms with E-state index in [1.165, 1.54) is 0 Å². The molecule has 3 heteroatoms. The molecule has 18 heavy (non-hydrogen) atoms. The standard InChI is InChI=1S/C15H31NO2/c1-12(2)10-15(5,11-13(3)4)14(17)18-9-8-16(6)7/h12-13H,8-11H2,1-7H3. The minimum absolute atomic E-state index is 0.0354. The SMILES string of the molecule is CC(C)CC(C)(CC(C)C)C(=O)OCCN(C)C. The fourth-order valence-corrected chi connectivity index (χ4v) is 2.55. The van der Waals surface area contributed by atoms with Crippen molar-refractivity contribution in [1.29, 1.82) is 0 Å². The van der Waals surface area contributed by atoms with Crippen LogP contribution in [0.5, 0.6) is 0 Å². The van der Waals surface area contributed by atoms with Gasteiger partial charge in [-0.05, 0) is 45.7 Å². The summed E-state index contributed by atoms with van der Waals surface area (Å²) in [7, 11) is 3.96. The highest BCUT2D eigenvalue weighted by atomic mass is 16.5. The van der Waals surface area contributed by atoms with Crippen molar-refractivity contribution in [3.63, 3.8) is 0 Å². The maximum Gasteiger partial charge on any atom is 0.311 e. The molecule has 0 aromatic carbocycles. The van der Waals surface area contributed by atoms with Crippen LogP contribution < -0.4 is 0 Å². The molecule has 0 rings (SSSR count). The molecule has 0 N–H and O–H groups in total. The van der Waals surface area contributed by atoms with Gasteiger partial charge in [0.25, 0.3) is 0 Å². The lowest BCUT2D eigenvalue weighted by Crippen LogP contribution is -2.34. The fourth-order valence-electron chi connectivity index (χ4n) is 2.55. The second kappa shape index (κ2) is 7.78. The molecule has 0 saturated heterocycles. The van der Waals surface area contributed by atoms with Crippen LogP contribution in [0.2, 0.25) is 0 Å². The largest absolute Gasteiger partial charge is 0.464 e. The van der Waals surface area contributed by atoms with Gasteiger partial charge in [0.1, 0.15) is 6.61 Å². The Kier molecular flexibility index (Phi) is 7.53. The van der Waals surface area contributed by atoms with Crippen LogP contribution in [0.3, 0.4) is 0 Å². The molecule has 0 radical (unpaired) electrons. The van der Waals surface area contributed by atoms with Crippen molar-refractivity contribution < 1.29 is 9.53 Å². The number of esters is 1. The first kappa shape index (κ1) is 17.4. The van der Waals surface area contributed by atoms with Gasteiger partial charge in [-0.15, -0.1) is 0 Å². The van der Waals surface area contributed by atoms with Gasteiger partial charge in [0.05, 0.1) is 5.41 Å². The second-order valence-corrected chi connectivity index (χ2v) is 6.70. The van der Waals surface area contributed by atoms with Crippen LogP contribution in [-0.4, -0.2) is 38.1 Å². The fraction of sp³-hybridized carbons (Fsp3) is 0.933. The molecule has 0 aromatic heterocycles. The third kappa shape index (κ3) is 7.00. The van der Waals surface area contributed by atoms with Gasteiger partial charge in [0.2, 0.25) is 0 Å². The average Bonchev–Trinajstić information content (AvgIpc) is 2.13. The molecule has 0 spiro atoms. The highest BCUT2D eigenvalue weighted by Crippen LogP contribution is 2.34. The van der Waals surface area contributed by atoms with E-state index < -0.39 is 0 Å². The first-order valence-corrected chi connectivity index (χ1v) is 6.99. The van der Waals surface area contributed by atoms with Gasteiger partial charge in [-0.1, -0.05) is 27.7 Å². The van der Waals surface area contributed by atoms with E-state index >= 15 is 0 Å². The molecular formula is C15H31NO2. The number of hydrogen-bond acceptors (Lipinski definition) is 3. The van der Waals surface area contributed by atoms with Gasteiger partial charge in [-0.2, -0.15) is 0 Å². The van der Waals surface area contributed by atoms with Crippen LogP contribution in [0, 0.1) is 17.3 Å². The first-order valence-electron chi connectivity index (χ1n) is 6.99. The normalized spacial score (nSPS) is 12.6. The molecule has 0 atom stereocenters. The van der Waals surface area contributed by atoms with Crippen LogP contribution in [0.1, 0.15) is 47.5 Å². The summed E-state index contributed by atoms with van der Waals surface area (Å²) in [5.41, 5.74) is -0.339. The number of carbonyl (C=O) groups is 1. The Labute approximate surface area is 113 Å². The van der Waals surface area contributed by atoms with Crippen molar-refractivity contribution in [3.8, 4) is 0 Å². The molecule has 0 aliphatic heterocycles. The topological polar surface area (TPSA) is 29.5 Å². The molecular weight excluding hydrogens is 226 g/mol. The molecule has 0 aliphatic carbocycles. The Morgan fingerprint density at radius 2 is 1.56 bits per heavy atom. The quantitative estimate of drug-likeness (QED) is 0.625. The maximum absolute atomic E-state index is 12.3. The van der Waals surface area contributed by atoms with Gasteiger partial charge in [0.15, 0.2) is 0 Å². The zero-order valence-electron chi connectivity index (χ0n) is 13.2. The molecule has 0 bridgehead atoms. The summed E-state index contributed by atoms with van der Waals surface area (Å²) in [4.78, 5) is 14.3. The number of ether oxygens (including phenoxy) is 1. The Bertz CT molecular complexity index is 237. The Morgan fingerprint density at radius 3 is 1.89 bits per heavy atom. The van der Waals surface area contributed by atoms with E-state index in [9.17, 15) is 4.79 Å². The summed E-state index contributed by atoms with van der Waals surface area (Å²) in [5.74, 6) is 0.983. The van der Waals surface area contributed by atoms with Crippen LogP contribution in [0.4, 0.5) is 0 Å². The highest BCUT2D eigenvalue weighted by Gasteiger charge is 2.36. The molecule has 0 fully saturated rings. The summed E-state index contributed by atoms with van der Waals surface area (Å²) < 4.78 is 5.44. The number of likely N-dealkylation sites (N-methyl/N-ethyl adjacent to an activating group) is 1. The van der Waals surface area contributed by atoms with E-state index in [-0.39, 0.29) is 11.4 Å². The number of nitrogens with zero attached hydrogens (tertiary/aromatic N) is 1. The van der Waals surface area contributed by atoms with Gasteiger partial charge in [-0.25, -0.2) is 0 Å². The van der Waals surface area contributed by atoms with E-state index in [1.807, 2.05) is 25.9 Å². The van der Waals surface area contributed by atoms with Crippen molar-refractivity contribution in [2.45, 2.75) is 47.5 Å². The lowest BCUT2D eigenvalue weighted by Gasteiger charge is -2.31. The monoisotopic (exact) mass is 257 g/mol. The molecule has 0 aromatic rings. The lowest BCUT2D eigenvalue weighted by molar-refractivity contribution is -0.157. The average molecular weight is 257 g/mol. The molecule has 0 unspecified atom stereocenters. The second-order valence-electron chi connectivity index (χ2n) is 6.70. The third-order valence-electron chi connectivity index (χ3n) is 2.98. The summed E-state index contributed by atoms with van der Waals surface area (Å²) >= 11 is 0. The predicted octanol–water partition coefficient (Wildman–Crippen LogP) is 3.19. The van der Waals surface area contributed by atoms with Crippen molar-refractivity contribution in [3.05, 3.63) is 0 Å². The van der Waals surface area contributed by atoms with Crippen LogP contribution in [-0.2, 0) is 9.53 Å². The van der Waals surface area contributed by atoms with Gasteiger partial charge in [0, 0.05) is 6.54 Å². The summed E-state index contributed by atoms with van der Waals surface area (Å²) in [6, 6.07) is 0. The molecule has 108 valence electrons. The van der Waals surface area contributed by atoms with Crippen LogP contribution >= 0.6 is 0 Å². The Balaban J connectivity index is 4.49. The number of rotatable bonds is 8. The van der Waals surface area contributed by atoms with Crippen LogP contribution in [0.25, 0.3) is 0 Å². The van der Waals surface area contributed by atoms with Crippen molar-refractivity contribution in [2.75, 3.05) is 27.2 Å². The van der Waals surface area contributed by atoms with E-state index in [0.29, 0.717) is 18.4 Å². The van der Waals surface area contributed by atoms with Crippen molar-refractivity contribution in [1.82, 2.24) is 4.90 Å². The number of hydrogen-bond donors (Lipinski definition) is 0.